The third kappa shape index (κ3) is 4.67. The van der Waals surface area contributed by atoms with Crippen LogP contribution in [0, 0.1) is 0 Å². The highest BCUT2D eigenvalue weighted by atomic mass is 79.9. The number of benzene rings is 1. The van der Waals surface area contributed by atoms with Gasteiger partial charge in [0.15, 0.2) is 0 Å². The van der Waals surface area contributed by atoms with Crippen molar-refractivity contribution < 1.29 is 19.5 Å². The number of carboxylic acids is 1. The lowest BCUT2D eigenvalue weighted by Crippen LogP contribution is -2.29. The normalized spacial score (nSPS) is 10.2. The van der Waals surface area contributed by atoms with Gasteiger partial charge < -0.3 is 20.7 Å². The molecule has 0 saturated heterocycles. The van der Waals surface area contributed by atoms with Crippen molar-refractivity contribution in [2.45, 2.75) is 0 Å². The maximum atomic E-state index is 12.0. The number of aromatic nitrogens is 1. The molecule has 9 heteroatoms. The van der Waals surface area contributed by atoms with Gasteiger partial charge in [0, 0.05) is 11.3 Å². The number of anilines is 1. The Balaban J connectivity index is 2.00. The van der Waals surface area contributed by atoms with Crippen LogP contribution in [-0.4, -0.2) is 34.4 Å². The molecule has 0 fully saturated rings. The summed E-state index contributed by atoms with van der Waals surface area (Å²) in [5.41, 5.74) is 1.17. The summed E-state index contributed by atoms with van der Waals surface area (Å²) in [5, 5.41) is 13.4. The fraction of sp³-hybridized carbons (Fsp3) is 0.0714. The van der Waals surface area contributed by atoms with Crippen molar-refractivity contribution in [2.75, 3.05) is 11.9 Å². The zero-order chi connectivity index (χ0) is 17.0. The summed E-state index contributed by atoms with van der Waals surface area (Å²) >= 11 is 6.53. The lowest BCUT2D eigenvalue weighted by Gasteiger charge is -2.06. The molecule has 1 aromatic heterocycles. The summed E-state index contributed by atoms with van der Waals surface area (Å²) in [6, 6.07) is 7.73. The molecule has 4 N–H and O–H groups in total. The van der Waals surface area contributed by atoms with Gasteiger partial charge in [-0.2, -0.15) is 0 Å². The number of H-pyrrole nitrogens is 1. The molecule has 0 spiro atoms. The summed E-state index contributed by atoms with van der Waals surface area (Å²) in [7, 11) is 0. The Morgan fingerprint density at radius 1 is 1.09 bits per heavy atom. The van der Waals surface area contributed by atoms with E-state index in [9.17, 15) is 14.4 Å². The van der Waals surface area contributed by atoms with Gasteiger partial charge in [-0.3, -0.25) is 14.4 Å². The second-order valence-electron chi connectivity index (χ2n) is 4.45. The first-order chi connectivity index (χ1) is 10.9. The van der Waals surface area contributed by atoms with E-state index in [1.54, 1.807) is 18.2 Å². The highest BCUT2D eigenvalue weighted by molar-refractivity contribution is 9.13. The number of rotatable bonds is 5. The second-order valence-corrected chi connectivity index (χ2v) is 6.10. The molecule has 0 unspecified atom stereocenters. The Morgan fingerprint density at radius 3 is 2.26 bits per heavy atom. The van der Waals surface area contributed by atoms with Crippen molar-refractivity contribution in [1.82, 2.24) is 10.3 Å². The largest absolute Gasteiger partial charge is 0.480 e. The molecule has 0 aliphatic rings. The van der Waals surface area contributed by atoms with Crippen LogP contribution in [0.5, 0.6) is 0 Å². The van der Waals surface area contributed by atoms with Crippen molar-refractivity contribution in [3.63, 3.8) is 0 Å². The van der Waals surface area contributed by atoms with Gasteiger partial charge in [-0.1, -0.05) is 0 Å². The van der Waals surface area contributed by atoms with E-state index in [0.717, 1.165) is 4.47 Å². The van der Waals surface area contributed by atoms with Crippen molar-refractivity contribution in [3.8, 4) is 0 Å². The Bertz CT molecular complexity index is 736. The lowest BCUT2D eigenvalue weighted by molar-refractivity contribution is -0.135. The zero-order valence-electron chi connectivity index (χ0n) is 11.5. The Kier molecular flexibility index (Phi) is 5.56. The fourth-order valence-corrected chi connectivity index (χ4v) is 2.34. The molecule has 2 aromatic rings. The molecule has 0 saturated carbocycles. The highest BCUT2D eigenvalue weighted by Crippen LogP contribution is 2.23. The first kappa shape index (κ1) is 17.2. The van der Waals surface area contributed by atoms with Gasteiger partial charge in [0.05, 0.1) is 9.08 Å². The van der Waals surface area contributed by atoms with Gasteiger partial charge >= 0.3 is 5.97 Å². The van der Waals surface area contributed by atoms with Crippen molar-refractivity contribution in [3.05, 3.63) is 50.7 Å². The number of carboxylic acid groups (broad SMARTS) is 1. The Hall–Kier alpha value is -2.13. The second kappa shape index (κ2) is 7.42. The van der Waals surface area contributed by atoms with Crippen LogP contribution in [-0.2, 0) is 4.79 Å². The van der Waals surface area contributed by atoms with Crippen LogP contribution in [0.15, 0.2) is 39.4 Å². The number of hydrogen-bond donors (Lipinski definition) is 4. The predicted octanol–water partition coefficient (Wildman–Crippen LogP) is 2.61. The van der Waals surface area contributed by atoms with E-state index in [2.05, 4.69) is 47.5 Å². The summed E-state index contributed by atoms with van der Waals surface area (Å²) in [6.07, 6.45) is 0. The maximum Gasteiger partial charge on any atom is 0.322 e. The van der Waals surface area contributed by atoms with Gasteiger partial charge in [0.1, 0.15) is 12.2 Å². The third-order valence-electron chi connectivity index (χ3n) is 2.77. The molecular formula is C14H11Br2N3O4. The number of hydrogen-bond acceptors (Lipinski definition) is 3. The van der Waals surface area contributed by atoms with Crippen LogP contribution < -0.4 is 10.6 Å². The summed E-state index contributed by atoms with van der Waals surface area (Å²) in [4.78, 5) is 37.0. The molecule has 0 aliphatic carbocycles. The SMILES string of the molecule is O=C(O)CNC(=O)c1ccc(NC(=O)c2cc(Br)c(Br)[nH]2)cc1. The number of nitrogens with one attached hydrogen (secondary N) is 3. The molecule has 1 aromatic carbocycles. The Morgan fingerprint density at radius 2 is 1.74 bits per heavy atom. The van der Waals surface area contributed by atoms with Gasteiger partial charge in [-0.15, -0.1) is 0 Å². The Labute approximate surface area is 147 Å². The topological polar surface area (TPSA) is 111 Å². The van der Waals surface area contributed by atoms with E-state index in [1.165, 1.54) is 12.1 Å². The number of aliphatic carboxylic acids is 1. The van der Waals surface area contributed by atoms with E-state index in [1.807, 2.05) is 0 Å². The molecule has 0 radical (unpaired) electrons. The standard InChI is InChI=1S/C14H11Br2N3O4/c15-9-5-10(19-12(9)16)14(23)18-8-3-1-7(2-4-8)13(22)17-6-11(20)21/h1-5,19H,6H2,(H,17,22)(H,18,23)(H,20,21). The van der Waals surface area contributed by atoms with Gasteiger partial charge in [0.2, 0.25) is 0 Å². The quantitative estimate of drug-likeness (QED) is 0.567. The molecule has 1 heterocycles. The van der Waals surface area contributed by atoms with E-state index in [4.69, 9.17) is 5.11 Å². The van der Waals surface area contributed by atoms with Crippen LogP contribution in [0.1, 0.15) is 20.8 Å². The van der Waals surface area contributed by atoms with Crippen molar-refractivity contribution in [2.24, 2.45) is 0 Å². The first-order valence-electron chi connectivity index (χ1n) is 6.32. The minimum absolute atomic E-state index is 0.301. The zero-order valence-corrected chi connectivity index (χ0v) is 14.7. The van der Waals surface area contributed by atoms with Gasteiger partial charge in [0.25, 0.3) is 11.8 Å². The maximum absolute atomic E-state index is 12.0. The molecule has 2 amide bonds. The van der Waals surface area contributed by atoms with Crippen LogP contribution >= 0.6 is 31.9 Å². The summed E-state index contributed by atoms with van der Waals surface area (Å²) in [6.45, 7) is -0.450. The van der Waals surface area contributed by atoms with Crippen molar-refractivity contribution in [1.29, 1.82) is 0 Å². The van der Waals surface area contributed by atoms with Crippen LogP contribution in [0.3, 0.4) is 0 Å². The number of amides is 2. The van der Waals surface area contributed by atoms with E-state index in [-0.39, 0.29) is 5.91 Å². The molecule has 0 bridgehead atoms. The molecule has 7 nitrogen and oxygen atoms in total. The van der Waals surface area contributed by atoms with Crippen LogP contribution in [0.25, 0.3) is 0 Å². The predicted molar refractivity (Wildman–Crippen MR) is 90.6 cm³/mol. The van der Waals surface area contributed by atoms with Crippen molar-refractivity contribution >= 4 is 55.3 Å². The fourth-order valence-electron chi connectivity index (χ4n) is 1.69. The highest BCUT2D eigenvalue weighted by Gasteiger charge is 2.12. The lowest BCUT2D eigenvalue weighted by atomic mass is 10.2. The molecule has 0 aliphatic heterocycles. The molecule has 120 valence electrons. The van der Waals surface area contributed by atoms with Crippen LogP contribution in [0.2, 0.25) is 0 Å². The molecule has 0 atom stereocenters. The summed E-state index contributed by atoms with van der Waals surface area (Å²) < 4.78 is 1.39. The smallest absolute Gasteiger partial charge is 0.322 e. The number of carbonyl (C=O) groups excluding carboxylic acids is 2. The van der Waals surface area contributed by atoms with Gasteiger partial charge in [-0.05, 0) is 62.2 Å². The number of halogens is 2. The summed E-state index contributed by atoms with van der Waals surface area (Å²) in [5.74, 6) is -1.95. The van der Waals surface area contributed by atoms with Gasteiger partial charge in [-0.25, -0.2) is 0 Å². The number of aromatic amines is 1. The first-order valence-corrected chi connectivity index (χ1v) is 7.91. The van der Waals surface area contributed by atoms with E-state index >= 15 is 0 Å². The van der Waals surface area contributed by atoms with E-state index < -0.39 is 18.4 Å². The minimum Gasteiger partial charge on any atom is -0.480 e. The molecular weight excluding hydrogens is 434 g/mol. The monoisotopic (exact) mass is 443 g/mol. The van der Waals surface area contributed by atoms with Crippen LogP contribution in [0.4, 0.5) is 5.69 Å². The molecule has 2 rings (SSSR count). The van der Waals surface area contributed by atoms with E-state index in [0.29, 0.717) is 21.5 Å². The average Bonchev–Trinajstić information content (AvgIpc) is 2.85. The average molecular weight is 445 g/mol. The minimum atomic E-state index is -1.12. The third-order valence-corrected chi connectivity index (χ3v) is 4.56. The molecule has 23 heavy (non-hydrogen) atoms. The number of carbonyl (C=O) groups is 3.